The number of hydrogen-bond acceptors (Lipinski definition) is 3. The largest absolute Gasteiger partial charge is 0.491 e. The highest BCUT2D eigenvalue weighted by atomic mass is 16.5. The van der Waals surface area contributed by atoms with E-state index in [0.29, 0.717) is 19.2 Å². The van der Waals surface area contributed by atoms with Crippen LogP contribution in [0.3, 0.4) is 0 Å². The standard InChI is InChI=1S/C19H31NO2/c1-15-9-7-8-12-20(15)13-16(21)14-22-18-11-6-5-10-17(18)19(2,3)4/h5-6,10-11,15-16,21H,7-9,12-14H2,1-4H3/t15-,16+/m0/s1. The molecule has 0 aromatic heterocycles. The fourth-order valence-electron chi connectivity index (χ4n) is 3.15. The number of aliphatic hydroxyl groups excluding tert-OH is 1. The van der Waals surface area contributed by atoms with Gasteiger partial charge in [-0.25, -0.2) is 0 Å². The van der Waals surface area contributed by atoms with Crippen LogP contribution < -0.4 is 4.74 Å². The highest BCUT2D eigenvalue weighted by Crippen LogP contribution is 2.31. The van der Waals surface area contributed by atoms with Gasteiger partial charge in [0.2, 0.25) is 0 Å². The molecule has 1 N–H and O–H groups in total. The molecule has 0 saturated carbocycles. The molecule has 2 atom stereocenters. The third-order valence-electron chi connectivity index (χ3n) is 4.51. The van der Waals surface area contributed by atoms with E-state index in [4.69, 9.17) is 4.74 Å². The smallest absolute Gasteiger partial charge is 0.123 e. The summed E-state index contributed by atoms with van der Waals surface area (Å²) < 4.78 is 5.93. The average Bonchev–Trinajstić information content (AvgIpc) is 2.47. The Hall–Kier alpha value is -1.06. The topological polar surface area (TPSA) is 32.7 Å². The average molecular weight is 305 g/mol. The molecule has 3 heteroatoms. The molecule has 0 bridgehead atoms. The summed E-state index contributed by atoms with van der Waals surface area (Å²) in [5, 5.41) is 10.3. The number of β-amino-alcohol motifs (C(OH)–C–C–N with tert-alkyl or cyclic N) is 1. The van der Waals surface area contributed by atoms with Crippen LogP contribution in [-0.4, -0.2) is 41.8 Å². The molecule has 1 aliphatic rings. The summed E-state index contributed by atoms with van der Waals surface area (Å²) in [6, 6.07) is 8.71. The molecule has 0 aliphatic carbocycles. The number of ether oxygens (including phenoxy) is 1. The van der Waals surface area contributed by atoms with Gasteiger partial charge in [-0.05, 0) is 43.4 Å². The summed E-state index contributed by atoms with van der Waals surface area (Å²) >= 11 is 0. The van der Waals surface area contributed by atoms with Gasteiger partial charge in [0.15, 0.2) is 0 Å². The summed E-state index contributed by atoms with van der Waals surface area (Å²) in [4.78, 5) is 2.38. The normalized spacial score (nSPS) is 21.6. The Morgan fingerprint density at radius 2 is 2.00 bits per heavy atom. The van der Waals surface area contributed by atoms with Gasteiger partial charge in [0.25, 0.3) is 0 Å². The van der Waals surface area contributed by atoms with Gasteiger partial charge in [-0.15, -0.1) is 0 Å². The number of aliphatic hydroxyl groups is 1. The maximum atomic E-state index is 10.3. The Morgan fingerprint density at radius 3 is 2.68 bits per heavy atom. The first kappa shape index (κ1) is 17.3. The molecule has 1 heterocycles. The van der Waals surface area contributed by atoms with Crippen molar-refractivity contribution in [3.8, 4) is 5.75 Å². The Morgan fingerprint density at radius 1 is 1.27 bits per heavy atom. The van der Waals surface area contributed by atoms with Crippen molar-refractivity contribution < 1.29 is 9.84 Å². The molecule has 1 aliphatic heterocycles. The zero-order chi connectivity index (χ0) is 16.2. The lowest BCUT2D eigenvalue weighted by Gasteiger charge is -2.34. The number of para-hydroxylation sites is 1. The minimum atomic E-state index is -0.437. The van der Waals surface area contributed by atoms with E-state index in [1.165, 1.54) is 24.8 Å². The Kier molecular flexibility index (Phi) is 5.87. The van der Waals surface area contributed by atoms with Gasteiger partial charge in [-0.3, -0.25) is 4.90 Å². The SMILES string of the molecule is C[C@H]1CCCCN1C[C@@H](O)COc1ccccc1C(C)(C)C. The molecule has 2 rings (SSSR count). The quantitative estimate of drug-likeness (QED) is 0.902. The van der Waals surface area contributed by atoms with Crippen LogP contribution in [0.5, 0.6) is 5.75 Å². The van der Waals surface area contributed by atoms with Crippen molar-refractivity contribution in [3.05, 3.63) is 29.8 Å². The van der Waals surface area contributed by atoms with E-state index in [0.717, 1.165) is 12.3 Å². The second-order valence-corrected chi connectivity index (χ2v) is 7.55. The predicted octanol–water partition coefficient (Wildman–Crippen LogP) is 3.60. The van der Waals surface area contributed by atoms with E-state index in [9.17, 15) is 5.11 Å². The second kappa shape index (κ2) is 7.47. The maximum Gasteiger partial charge on any atom is 0.123 e. The lowest BCUT2D eigenvalue weighted by atomic mass is 9.86. The molecular weight excluding hydrogens is 274 g/mol. The molecule has 1 fully saturated rings. The Balaban J connectivity index is 1.90. The summed E-state index contributed by atoms with van der Waals surface area (Å²) in [6.45, 7) is 11.0. The van der Waals surface area contributed by atoms with Gasteiger partial charge in [0, 0.05) is 12.6 Å². The van der Waals surface area contributed by atoms with Crippen LogP contribution in [0, 0.1) is 0 Å². The fraction of sp³-hybridized carbons (Fsp3) is 0.684. The van der Waals surface area contributed by atoms with Crippen molar-refractivity contribution in [2.45, 2.75) is 64.5 Å². The van der Waals surface area contributed by atoms with Gasteiger partial charge in [-0.2, -0.15) is 0 Å². The first-order valence-electron chi connectivity index (χ1n) is 8.52. The lowest BCUT2D eigenvalue weighted by molar-refractivity contribution is 0.0433. The molecule has 0 amide bonds. The molecule has 1 aromatic carbocycles. The van der Waals surface area contributed by atoms with Crippen LogP contribution in [0.15, 0.2) is 24.3 Å². The van der Waals surface area contributed by atoms with E-state index in [1.807, 2.05) is 18.2 Å². The molecule has 0 unspecified atom stereocenters. The monoisotopic (exact) mass is 305 g/mol. The summed E-state index contributed by atoms with van der Waals surface area (Å²) in [5.74, 6) is 0.890. The predicted molar refractivity (Wildman–Crippen MR) is 91.5 cm³/mol. The number of hydrogen-bond donors (Lipinski definition) is 1. The van der Waals surface area contributed by atoms with Crippen LogP contribution in [0.4, 0.5) is 0 Å². The number of benzene rings is 1. The van der Waals surface area contributed by atoms with Crippen LogP contribution in [0.25, 0.3) is 0 Å². The van der Waals surface area contributed by atoms with Crippen LogP contribution in [0.1, 0.15) is 52.5 Å². The van der Waals surface area contributed by atoms with E-state index >= 15 is 0 Å². The minimum Gasteiger partial charge on any atom is -0.491 e. The van der Waals surface area contributed by atoms with Crippen molar-refractivity contribution >= 4 is 0 Å². The number of nitrogens with zero attached hydrogens (tertiary/aromatic N) is 1. The summed E-state index contributed by atoms with van der Waals surface area (Å²) in [5.41, 5.74) is 1.23. The number of rotatable bonds is 5. The number of piperidine rings is 1. The maximum absolute atomic E-state index is 10.3. The van der Waals surface area contributed by atoms with Crippen molar-refractivity contribution in [2.24, 2.45) is 0 Å². The van der Waals surface area contributed by atoms with Crippen LogP contribution >= 0.6 is 0 Å². The molecule has 1 saturated heterocycles. The molecule has 3 nitrogen and oxygen atoms in total. The van der Waals surface area contributed by atoms with Gasteiger partial charge in [0.1, 0.15) is 18.5 Å². The van der Waals surface area contributed by atoms with E-state index in [1.54, 1.807) is 0 Å². The molecule has 0 spiro atoms. The third kappa shape index (κ3) is 4.72. The first-order chi connectivity index (χ1) is 10.4. The van der Waals surface area contributed by atoms with Crippen molar-refractivity contribution in [1.29, 1.82) is 0 Å². The molecular formula is C19H31NO2. The zero-order valence-corrected chi connectivity index (χ0v) is 14.5. The van der Waals surface area contributed by atoms with Crippen LogP contribution in [-0.2, 0) is 5.41 Å². The third-order valence-corrected chi connectivity index (χ3v) is 4.51. The molecule has 124 valence electrons. The summed E-state index contributed by atoms with van der Waals surface area (Å²) in [7, 11) is 0. The van der Waals surface area contributed by atoms with Crippen LogP contribution in [0.2, 0.25) is 0 Å². The van der Waals surface area contributed by atoms with Gasteiger partial charge >= 0.3 is 0 Å². The zero-order valence-electron chi connectivity index (χ0n) is 14.5. The van der Waals surface area contributed by atoms with Crippen molar-refractivity contribution in [2.75, 3.05) is 19.7 Å². The molecule has 0 radical (unpaired) electrons. The first-order valence-corrected chi connectivity index (χ1v) is 8.52. The fourth-order valence-corrected chi connectivity index (χ4v) is 3.15. The van der Waals surface area contributed by atoms with E-state index < -0.39 is 6.10 Å². The molecule has 22 heavy (non-hydrogen) atoms. The highest BCUT2D eigenvalue weighted by molar-refractivity contribution is 5.38. The van der Waals surface area contributed by atoms with E-state index in [2.05, 4.69) is 38.7 Å². The summed E-state index contributed by atoms with van der Waals surface area (Å²) in [6.07, 6.45) is 3.35. The van der Waals surface area contributed by atoms with Gasteiger partial charge in [-0.1, -0.05) is 45.4 Å². The van der Waals surface area contributed by atoms with Gasteiger partial charge < -0.3 is 9.84 Å². The van der Waals surface area contributed by atoms with E-state index in [-0.39, 0.29) is 5.41 Å². The lowest BCUT2D eigenvalue weighted by Crippen LogP contribution is -2.43. The number of likely N-dealkylation sites (tertiary alicyclic amines) is 1. The van der Waals surface area contributed by atoms with Crippen molar-refractivity contribution in [1.82, 2.24) is 4.90 Å². The Bertz CT molecular complexity index is 467. The minimum absolute atomic E-state index is 0.0446. The second-order valence-electron chi connectivity index (χ2n) is 7.55. The Labute approximate surface area is 135 Å². The highest BCUT2D eigenvalue weighted by Gasteiger charge is 2.22. The van der Waals surface area contributed by atoms with Gasteiger partial charge in [0.05, 0.1) is 0 Å². The molecule has 1 aromatic rings. The van der Waals surface area contributed by atoms with Crippen molar-refractivity contribution in [3.63, 3.8) is 0 Å².